The summed E-state index contributed by atoms with van der Waals surface area (Å²) in [5, 5.41) is 0. The first-order valence-electron chi connectivity index (χ1n) is 8.13. The quantitative estimate of drug-likeness (QED) is 0.771. The summed E-state index contributed by atoms with van der Waals surface area (Å²) in [7, 11) is 1.87. The Morgan fingerprint density at radius 2 is 2.00 bits per heavy atom. The molecule has 0 aromatic heterocycles. The van der Waals surface area contributed by atoms with Gasteiger partial charge in [0.15, 0.2) is 0 Å². The molecule has 0 saturated heterocycles. The maximum absolute atomic E-state index is 6.26. The summed E-state index contributed by atoms with van der Waals surface area (Å²) in [4.78, 5) is 2.74. The normalized spacial score (nSPS) is 32.2. The second kappa shape index (κ2) is 6.55. The molecule has 0 bridgehead atoms. The van der Waals surface area contributed by atoms with Gasteiger partial charge in [-0.15, -0.1) is 0 Å². The van der Waals surface area contributed by atoms with Crippen molar-refractivity contribution < 1.29 is 4.74 Å². The first-order chi connectivity index (χ1) is 9.14. The molecule has 2 rings (SSSR count). The van der Waals surface area contributed by atoms with Crippen LogP contribution in [0, 0.1) is 5.92 Å². The molecule has 2 aliphatic rings. The van der Waals surface area contributed by atoms with E-state index in [1.54, 1.807) is 0 Å². The molecule has 0 amide bonds. The molecule has 2 aliphatic carbocycles. The Bertz CT molecular complexity index is 278. The molecule has 3 heteroatoms. The summed E-state index contributed by atoms with van der Waals surface area (Å²) in [5.74, 6) is 0.764. The van der Waals surface area contributed by atoms with Crippen molar-refractivity contribution in [3.8, 4) is 0 Å². The van der Waals surface area contributed by atoms with Crippen LogP contribution in [0.1, 0.15) is 58.8 Å². The molecule has 112 valence electrons. The molecular weight excluding hydrogens is 236 g/mol. The first kappa shape index (κ1) is 15.3. The lowest BCUT2D eigenvalue weighted by Crippen LogP contribution is -2.64. The number of nitrogens with two attached hydrogens (primary N) is 1. The van der Waals surface area contributed by atoms with E-state index in [9.17, 15) is 0 Å². The Morgan fingerprint density at radius 1 is 1.26 bits per heavy atom. The summed E-state index contributed by atoms with van der Waals surface area (Å²) < 4.78 is 5.84. The zero-order chi connectivity index (χ0) is 13.9. The van der Waals surface area contributed by atoms with E-state index in [-0.39, 0.29) is 5.54 Å². The van der Waals surface area contributed by atoms with Crippen molar-refractivity contribution in [1.29, 1.82) is 0 Å². The Labute approximate surface area is 118 Å². The summed E-state index contributed by atoms with van der Waals surface area (Å²) in [6.45, 7) is 6.57. The fraction of sp³-hybridized carbons (Fsp3) is 1.00. The van der Waals surface area contributed by atoms with Crippen LogP contribution in [0.5, 0.6) is 0 Å². The van der Waals surface area contributed by atoms with Crippen molar-refractivity contribution in [3.05, 3.63) is 0 Å². The van der Waals surface area contributed by atoms with Crippen LogP contribution in [0.2, 0.25) is 0 Å². The van der Waals surface area contributed by atoms with Gasteiger partial charge in [0.05, 0.1) is 11.6 Å². The molecule has 0 aromatic rings. The van der Waals surface area contributed by atoms with Crippen LogP contribution in [0.3, 0.4) is 0 Å². The van der Waals surface area contributed by atoms with E-state index in [1.807, 2.05) is 7.11 Å². The molecule has 3 nitrogen and oxygen atoms in total. The van der Waals surface area contributed by atoms with Gasteiger partial charge in [-0.25, -0.2) is 0 Å². The van der Waals surface area contributed by atoms with Gasteiger partial charge in [-0.1, -0.05) is 26.7 Å². The lowest BCUT2D eigenvalue weighted by atomic mass is 9.77. The average Bonchev–Trinajstić information content (AvgIpc) is 3.23. The maximum Gasteiger partial charge on any atom is 0.0767 e. The van der Waals surface area contributed by atoms with Gasteiger partial charge < -0.3 is 10.5 Å². The van der Waals surface area contributed by atoms with Gasteiger partial charge in [-0.05, 0) is 44.6 Å². The lowest BCUT2D eigenvalue weighted by Gasteiger charge is -2.51. The summed E-state index contributed by atoms with van der Waals surface area (Å²) in [6, 6.07) is 0.776. The fourth-order valence-corrected chi connectivity index (χ4v) is 3.76. The van der Waals surface area contributed by atoms with Crippen LogP contribution in [-0.2, 0) is 4.74 Å². The van der Waals surface area contributed by atoms with E-state index in [0.29, 0.717) is 6.10 Å². The zero-order valence-corrected chi connectivity index (χ0v) is 13.0. The van der Waals surface area contributed by atoms with Crippen molar-refractivity contribution in [3.63, 3.8) is 0 Å². The Morgan fingerprint density at radius 3 is 2.53 bits per heavy atom. The third kappa shape index (κ3) is 3.32. The summed E-state index contributed by atoms with van der Waals surface area (Å²) in [6.07, 6.45) is 9.32. The van der Waals surface area contributed by atoms with Gasteiger partial charge in [0.2, 0.25) is 0 Å². The van der Waals surface area contributed by atoms with Crippen molar-refractivity contribution in [2.24, 2.45) is 11.7 Å². The van der Waals surface area contributed by atoms with E-state index < -0.39 is 0 Å². The molecule has 0 aromatic carbocycles. The van der Waals surface area contributed by atoms with Gasteiger partial charge in [0.25, 0.3) is 0 Å². The number of nitrogens with zero attached hydrogens (tertiary/aromatic N) is 1. The topological polar surface area (TPSA) is 38.5 Å². The van der Waals surface area contributed by atoms with Crippen LogP contribution in [0.25, 0.3) is 0 Å². The lowest BCUT2D eigenvalue weighted by molar-refractivity contribution is -0.0804. The predicted molar refractivity (Wildman–Crippen MR) is 80.2 cm³/mol. The van der Waals surface area contributed by atoms with Crippen molar-refractivity contribution in [2.45, 2.75) is 76.5 Å². The Kier molecular flexibility index (Phi) is 5.27. The molecule has 0 heterocycles. The molecule has 2 atom stereocenters. The van der Waals surface area contributed by atoms with Gasteiger partial charge in [-0.3, -0.25) is 4.90 Å². The van der Waals surface area contributed by atoms with Gasteiger partial charge in [0, 0.05) is 19.7 Å². The molecule has 0 radical (unpaired) electrons. The van der Waals surface area contributed by atoms with E-state index in [2.05, 4.69) is 18.7 Å². The molecule has 2 saturated carbocycles. The van der Waals surface area contributed by atoms with E-state index in [1.165, 1.54) is 51.5 Å². The van der Waals surface area contributed by atoms with Gasteiger partial charge >= 0.3 is 0 Å². The highest BCUT2D eigenvalue weighted by molar-refractivity contribution is 5.05. The maximum atomic E-state index is 6.26. The second-order valence-corrected chi connectivity index (χ2v) is 6.88. The third-order valence-electron chi connectivity index (χ3n) is 5.07. The van der Waals surface area contributed by atoms with E-state index in [0.717, 1.165) is 18.5 Å². The Balaban J connectivity index is 2.13. The molecule has 0 aliphatic heterocycles. The summed E-state index contributed by atoms with van der Waals surface area (Å²) in [5.41, 5.74) is 6.37. The van der Waals surface area contributed by atoms with Gasteiger partial charge in [-0.2, -0.15) is 0 Å². The molecule has 19 heavy (non-hydrogen) atoms. The molecular formula is C16H32N2O. The number of rotatable bonds is 7. The average molecular weight is 268 g/mol. The number of ether oxygens (including phenoxy) is 1. The van der Waals surface area contributed by atoms with Crippen molar-refractivity contribution >= 4 is 0 Å². The van der Waals surface area contributed by atoms with Gasteiger partial charge in [0.1, 0.15) is 0 Å². The van der Waals surface area contributed by atoms with E-state index in [4.69, 9.17) is 10.5 Å². The number of hydrogen-bond acceptors (Lipinski definition) is 3. The van der Waals surface area contributed by atoms with Crippen LogP contribution in [0.4, 0.5) is 0 Å². The van der Waals surface area contributed by atoms with Crippen LogP contribution >= 0.6 is 0 Å². The molecule has 2 unspecified atom stereocenters. The fourth-order valence-electron chi connectivity index (χ4n) is 3.76. The van der Waals surface area contributed by atoms with Crippen molar-refractivity contribution in [1.82, 2.24) is 4.90 Å². The highest BCUT2D eigenvalue weighted by atomic mass is 16.5. The number of hydrogen-bond donors (Lipinski definition) is 1. The van der Waals surface area contributed by atoms with Crippen LogP contribution < -0.4 is 5.73 Å². The highest BCUT2D eigenvalue weighted by Crippen LogP contribution is 2.41. The minimum Gasteiger partial charge on any atom is -0.379 e. The highest BCUT2D eigenvalue weighted by Gasteiger charge is 2.49. The smallest absolute Gasteiger partial charge is 0.0767 e. The minimum absolute atomic E-state index is 0.114. The minimum atomic E-state index is 0.114. The molecule has 2 N–H and O–H groups in total. The third-order valence-corrected chi connectivity index (χ3v) is 5.07. The zero-order valence-electron chi connectivity index (χ0n) is 13.0. The first-order valence-corrected chi connectivity index (χ1v) is 8.13. The van der Waals surface area contributed by atoms with Crippen molar-refractivity contribution in [2.75, 3.05) is 20.2 Å². The van der Waals surface area contributed by atoms with Crippen LogP contribution in [0.15, 0.2) is 0 Å². The summed E-state index contributed by atoms with van der Waals surface area (Å²) >= 11 is 0. The molecule has 0 spiro atoms. The Hall–Kier alpha value is -0.120. The SMILES string of the molecule is COC1CCCCC1(CN)N(CCC(C)C)C1CC1. The largest absolute Gasteiger partial charge is 0.379 e. The second-order valence-electron chi connectivity index (χ2n) is 6.88. The molecule has 2 fully saturated rings. The predicted octanol–water partition coefficient (Wildman–Crippen LogP) is 2.78. The monoisotopic (exact) mass is 268 g/mol. The van der Waals surface area contributed by atoms with Crippen LogP contribution in [-0.4, -0.2) is 42.8 Å². The number of methoxy groups -OCH3 is 1. The standard InChI is InChI=1S/C16H32N2O/c1-13(2)9-11-18(14-7-8-14)16(12-17)10-5-4-6-15(16)19-3/h13-15H,4-12,17H2,1-3H3. The van der Waals surface area contributed by atoms with E-state index >= 15 is 0 Å².